The lowest BCUT2D eigenvalue weighted by Gasteiger charge is -2.30. The summed E-state index contributed by atoms with van der Waals surface area (Å²) in [7, 11) is -3.70. The molecule has 2 unspecified atom stereocenters. The number of carboxylic acid groups (broad SMARTS) is 1. The first-order chi connectivity index (χ1) is 20.9. The van der Waals surface area contributed by atoms with Gasteiger partial charge in [0.25, 0.3) is 11.9 Å². The highest BCUT2D eigenvalue weighted by Gasteiger charge is 2.32. The average Bonchev–Trinajstić information content (AvgIpc) is 2.97. The number of carbonyl (C=O) groups is 2. The number of benzene rings is 2. The van der Waals surface area contributed by atoms with Crippen LogP contribution in [0.2, 0.25) is 0 Å². The fraction of sp³-hybridized carbons (Fsp3) is 0.562. The molecule has 10 nitrogen and oxygen atoms in total. The summed E-state index contributed by atoms with van der Waals surface area (Å²) >= 11 is 0. The van der Waals surface area contributed by atoms with Gasteiger partial charge in [-0.1, -0.05) is 49.6 Å². The molecule has 4 rings (SSSR count). The predicted octanol–water partition coefficient (Wildman–Crippen LogP) is 4.29. The van der Waals surface area contributed by atoms with Crippen molar-refractivity contribution in [3.05, 3.63) is 59.4 Å². The minimum absolute atomic E-state index is 0.0225. The quantitative estimate of drug-likeness (QED) is 0.246. The molecule has 2 aromatic rings. The number of nitrogens with one attached hydrogen (secondary N) is 3. The highest BCUT2D eigenvalue weighted by molar-refractivity contribution is 7.92. The Balaban J connectivity index is 0.00000124. The lowest BCUT2D eigenvalue weighted by molar-refractivity contribution is -0.134. The number of anilines is 2. The Morgan fingerprint density at radius 1 is 1.05 bits per heavy atom. The molecule has 1 amide bonds. The maximum atomic E-state index is 16.0. The van der Waals surface area contributed by atoms with E-state index in [1.807, 2.05) is 44.2 Å². The van der Waals surface area contributed by atoms with Gasteiger partial charge < -0.3 is 26.2 Å². The van der Waals surface area contributed by atoms with E-state index in [2.05, 4.69) is 16.0 Å². The molecule has 2 atom stereocenters. The number of aliphatic hydroxyl groups excluding tert-OH is 1. The van der Waals surface area contributed by atoms with Crippen molar-refractivity contribution in [2.75, 3.05) is 28.5 Å². The number of amides is 1. The Morgan fingerprint density at radius 3 is 2.32 bits per heavy atom. The maximum Gasteiger partial charge on any atom is 0.300 e. The topological polar surface area (TPSA) is 148 Å². The maximum absolute atomic E-state index is 16.0. The van der Waals surface area contributed by atoms with E-state index in [0.29, 0.717) is 37.5 Å². The molecular formula is C32H47FN4O6S. The van der Waals surface area contributed by atoms with E-state index in [4.69, 9.17) is 9.90 Å². The van der Waals surface area contributed by atoms with Gasteiger partial charge in [-0.05, 0) is 63.6 Å². The molecule has 1 aliphatic carbocycles. The van der Waals surface area contributed by atoms with Crippen molar-refractivity contribution in [3.63, 3.8) is 0 Å². The first-order valence-electron chi connectivity index (χ1n) is 15.4. The molecule has 1 aliphatic heterocycles. The van der Waals surface area contributed by atoms with E-state index in [1.165, 1.54) is 18.6 Å². The third-order valence-corrected chi connectivity index (χ3v) is 9.53. The van der Waals surface area contributed by atoms with E-state index >= 15 is 4.39 Å². The molecule has 0 bridgehead atoms. The van der Waals surface area contributed by atoms with Crippen LogP contribution in [-0.4, -0.2) is 73.6 Å². The zero-order valence-electron chi connectivity index (χ0n) is 25.9. The normalized spacial score (nSPS) is 18.1. The van der Waals surface area contributed by atoms with Crippen LogP contribution in [0.5, 0.6) is 0 Å². The number of nitrogens with zero attached hydrogens (tertiary/aromatic N) is 1. The third kappa shape index (κ3) is 10.7. The van der Waals surface area contributed by atoms with E-state index in [9.17, 15) is 18.3 Å². The van der Waals surface area contributed by atoms with Crippen molar-refractivity contribution in [1.82, 2.24) is 10.6 Å². The number of aliphatic carboxylic acids is 1. The Hall–Kier alpha value is -3.22. The van der Waals surface area contributed by atoms with Gasteiger partial charge in [-0.15, -0.1) is 0 Å². The third-order valence-electron chi connectivity index (χ3n) is 7.67. The largest absolute Gasteiger partial charge is 0.481 e. The minimum Gasteiger partial charge on any atom is -0.481 e. The molecular weight excluding hydrogens is 587 g/mol. The predicted molar refractivity (Wildman–Crippen MR) is 171 cm³/mol. The van der Waals surface area contributed by atoms with E-state index in [0.717, 1.165) is 42.5 Å². The molecule has 0 radical (unpaired) electrons. The number of hydrogen-bond acceptors (Lipinski definition) is 7. The number of hydrogen-bond donors (Lipinski definition) is 5. The number of carboxylic acids is 1. The van der Waals surface area contributed by atoms with Gasteiger partial charge >= 0.3 is 0 Å². The minimum atomic E-state index is -3.70. The lowest BCUT2D eigenvalue weighted by Crippen LogP contribution is -2.50. The van der Waals surface area contributed by atoms with Gasteiger partial charge in [-0.2, -0.15) is 0 Å². The number of sulfonamides is 1. The van der Waals surface area contributed by atoms with Crippen LogP contribution in [0.1, 0.15) is 81.6 Å². The summed E-state index contributed by atoms with van der Waals surface area (Å²) < 4.78 is 42.7. The summed E-state index contributed by atoms with van der Waals surface area (Å²) in [5.74, 6) is -2.47. The molecule has 12 heteroatoms. The second-order valence-electron chi connectivity index (χ2n) is 11.9. The molecule has 0 spiro atoms. The summed E-state index contributed by atoms with van der Waals surface area (Å²) in [5.41, 5.74) is 0.998. The molecule has 1 heterocycles. The van der Waals surface area contributed by atoms with Crippen LogP contribution < -0.4 is 20.3 Å². The second-order valence-corrected chi connectivity index (χ2v) is 13.9. The van der Waals surface area contributed by atoms with Gasteiger partial charge in [0.05, 0.1) is 29.1 Å². The Kier molecular flexibility index (Phi) is 13.4. The smallest absolute Gasteiger partial charge is 0.300 e. The van der Waals surface area contributed by atoms with Gasteiger partial charge in [0.15, 0.2) is 5.82 Å². The molecule has 2 aromatic carbocycles. The van der Waals surface area contributed by atoms with Gasteiger partial charge in [0, 0.05) is 37.8 Å². The van der Waals surface area contributed by atoms with Gasteiger partial charge in [0.2, 0.25) is 10.0 Å². The molecule has 2 aliphatic rings. The molecule has 44 heavy (non-hydrogen) atoms. The van der Waals surface area contributed by atoms with Crippen molar-refractivity contribution in [2.24, 2.45) is 0 Å². The summed E-state index contributed by atoms with van der Waals surface area (Å²) in [4.78, 5) is 22.6. The van der Waals surface area contributed by atoms with Gasteiger partial charge in [-0.25, -0.2) is 12.8 Å². The summed E-state index contributed by atoms with van der Waals surface area (Å²) in [5, 5.41) is 28.1. The molecule has 1 saturated carbocycles. The first-order valence-corrected chi connectivity index (χ1v) is 17.0. The fourth-order valence-electron chi connectivity index (χ4n) is 5.57. The molecule has 0 aromatic heterocycles. The van der Waals surface area contributed by atoms with Crippen LogP contribution in [0, 0.1) is 5.82 Å². The summed E-state index contributed by atoms with van der Waals surface area (Å²) in [6, 6.07) is 12.0. The van der Waals surface area contributed by atoms with E-state index in [1.54, 1.807) is 0 Å². The number of carbonyl (C=O) groups excluding carboxylic acids is 1. The summed E-state index contributed by atoms with van der Waals surface area (Å²) in [6.07, 6.45) is 6.25. The van der Waals surface area contributed by atoms with Crippen LogP contribution in [0.3, 0.4) is 0 Å². The Bertz CT molecular complexity index is 1330. The first kappa shape index (κ1) is 35.3. The van der Waals surface area contributed by atoms with Gasteiger partial charge in [-0.3, -0.25) is 13.9 Å². The number of halogens is 1. The van der Waals surface area contributed by atoms with Crippen molar-refractivity contribution in [2.45, 2.75) is 96.4 Å². The highest BCUT2D eigenvalue weighted by atomic mass is 32.2. The zero-order chi connectivity index (χ0) is 32.3. The zero-order valence-corrected chi connectivity index (χ0v) is 26.7. The number of aliphatic hydroxyl groups is 1. The Morgan fingerprint density at radius 2 is 1.70 bits per heavy atom. The van der Waals surface area contributed by atoms with Gasteiger partial charge in [0.1, 0.15) is 0 Å². The lowest BCUT2D eigenvalue weighted by atomic mass is 9.95. The van der Waals surface area contributed by atoms with Crippen molar-refractivity contribution in [3.8, 4) is 0 Å². The SMILES string of the molecule is CC(=O)O.CC(C)Nc1cc(C(=O)NC(Cc2ccccc2)C(O)CNC2CCCCC2)c(F)c(N2CCCCS2(=O)=O)c1. The van der Waals surface area contributed by atoms with Crippen LogP contribution >= 0.6 is 0 Å². The van der Waals surface area contributed by atoms with Crippen LogP contribution in [-0.2, 0) is 21.2 Å². The highest BCUT2D eigenvalue weighted by Crippen LogP contribution is 2.32. The monoisotopic (exact) mass is 634 g/mol. The number of rotatable bonds is 11. The van der Waals surface area contributed by atoms with Crippen LogP contribution in [0.15, 0.2) is 42.5 Å². The molecule has 1 saturated heterocycles. The molecule has 2 fully saturated rings. The van der Waals surface area contributed by atoms with Crippen LogP contribution in [0.4, 0.5) is 15.8 Å². The van der Waals surface area contributed by atoms with Crippen molar-refractivity contribution in [1.29, 1.82) is 0 Å². The molecule has 244 valence electrons. The average molecular weight is 635 g/mol. The van der Waals surface area contributed by atoms with Crippen molar-refractivity contribution < 1.29 is 32.6 Å². The van der Waals surface area contributed by atoms with Crippen LogP contribution in [0.25, 0.3) is 0 Å². The molecule has 5 N–H and O–H groups in total. The Labute approximate surface area is 260 Å². The summed E-state index contributed by atoms with van der Waals surface area (Å²) in [6.45, 7) is 5.36. The van der Waals surface area contributed by atoms with Crippen molar-refractivity contribution >= 4 is 33.3 Å². The van der Waals surface area contributed by atoms with E-state index in [-0.39, 0.29) is 29.6 Å². The fourth-order valence-corrected chi connectivity index (χ4v) is 7.19. The standard InChI is InChI=1S/C30H43FN4O4S.C2H4O2/c1-21(2)33-24-18-25(29(31)27(19-24)35-15-9-10-16-40(35,38)39)30(37)34-26(17-22-11-5-3-6-12-22)28(36)20-32-23-13-7-4-8-14-23;1-2(3)4/h3,5-6,11-12,18-19,21,23,26,28,32-33,36H,4,7-10,13-17,20H2,1-2H3,(H,34,37);1H3,(H,3,4). The second kappa shape index (κ2) is 16.7. The van der Waals surface area contributed by atoms with E-state index < -0.39 is 39.9 Å².